The number of hydrogen-bond acceptors (Lipinski definition) is 7. The lowest BCUT2D eigenvalue weighted by Gasteiger charge is -2.11. The molecule has 0 atom stereocenters. The summed E-state index contributed by atoms with van der Waals surface area (Å²) in [6.45, 7) is 0. The Balaban J connectivity index is 1.44. The van der Waals surface area contributed by atoms with Crippen LogP contribution in [0.3, 0.4) is 0 Å². The summed E-state index contributed by atoms with van der Waals surface area (Å²) < 4.78 is 4.67. The Morgan fingerprint density at radius 3 is 2.75 bits per heavy atom. The van der Waals surface area contributed by atoms with Gasteiger partial charge in [0.1, 0.15) is 16.2 Å². The molecule has 2 heterocycles. The molecule has 0 fully saturated rings. The number of thiophene rings is 1. The molecule has 1 aliphatic rings. The van der Waals surface area contributed by atoms with Crippen LogP contribution in [-0.4, -0.2) is 34.7 Å². The number of benzene rings is 1. The molecule has 0 saturated carbocycles. The van der Waals surface area contributed by atoms with Crippen molar-refractivity contribution in [3.63, 3.8) is 0 Å². The summed E-state index contributed by atoms with van der Waals surface area (Å²) in [7, 11) is 1.34. The second-order valence-corrected chi connectivity index (χ2v) is 8.52. The summed E-state index contributed by atoms with van der Waals surface area (Å²) in [4.78, 5) is 35.1. The van der Waals surface area contributed by atoms with E-state index in [-0.39, 0.29) is 11.7 Å². The number of aromatic nitrogens is 2. The molecular weight excluding hydrogens is 394 g/mol. The maximum Gasteiger partial charge on any atom is 0.337 e. The number of ether oxygens (including phenoxy) is 1. The van der Waals surface area contributed by atoms with Gasteiger partial charge in [-0.15, -0.1) is 11.3 Å². The largest absolute Gasteiger partial charge is 0.465 e. The van der Waals surface area contributed by atoms with Gasteiger partial charge in [-0.1, -0.05) is 11.8 Å². The van der Waals surface area contributed by atoms with E-state index in [9.17, 15) is 9.59 Å². The number of anilines is 1. The highest BCUT2D eigenvalue weighted by Gasteiger charge is 2.20. The Labute approximate surface area is 170 Å². The number of carbonyl (C=O) groups excluding carboxylic acids is 2. The summed E-state index contributed by atoms with van der Waals surface area (Å²) in [5.74, 6) is -0.262. The van der Waals surface area contributed by atoms with Crippen LogP contribution in [0.4, 0.5) is 5.69 Å². The van der Waals surface area contributed by atoms with Crippen LogP contribution in [-0.2, 0) is 22.4 Å². The van der Waals surface area contributed by atoms with Crippen LogP contribution < -0.4 is 5.32 Å². The number of amides is 1. The lowest BCUT2D eigenvalue weighted by Crippen LogP contribution is -2.14. The monoisotopic (exact) mass is 413 g/mol. The molecule has 1 aliphatic carbocycles. The standard InChI is InChI=1S/C20H19N3O3S2/c1-26-20(25)12-6-8-13(9-7-12)23-16(24)10-27-18-17-14-4-2-3-5-15(14)28-19(17)22-11-21-18/h6-9,11H,2-5,10H2,1H3,(H,23,24). The van der Waals surface area contributed by atoms with Gasteiger partial charge in [0, 0.05) is 16.0 Å². The molecule has 144 valence electrons. The van der Waals surface area contributed by atoms with E-state index < -0.39 is 5.97 Å². The number of aryl methyl sites for hydroxylation is 2. The average molecular weight is 414 g/mol. The van der Waals surface area contributed by atoms with Gasteiger partial charge in [0.05, 0.1) is 18.4 Å². The predicted octanol–water partition coefficient (Wildman–Crippen LogP) is 4.09. The molecule has 1 N–H and O–H groups in total. The number of hydrogen-bond donors (Lipinski definition) is 1. The van der Waals surface area contributed by atoms with Gasteiger partial charge >= 0.3 is 5.97 Å². The van der Waals surface area contributed by atoms with Crippen LogP contribution in [0.2, 0.25) is 0 Å². The highest BCUT2D eigenvalue weighted by Crippen LogP contribution is 2.39. The van der Waals surface area contributed by atoms with Crippen LogP contribution in [0, 0.1) is 0 Å². The highest BCUT2D eigenvalue weighted by molar-refractivity contribution is 8.00. The molecule has 1 amide bonds. The molecule has 8 heteroatoms. The van der Waals surface area contributed by atoms with Gasteiger partial charge in [0.25, 0.3) is 0 Å². The maximum absolute atomic E-state index is 12.4. The zero-order valence-corrected chi connectivity index (χ0v) is 17.0. The molecule has 1 aromatic carbocycles. The fourth-order valence-corrected chi connectivity index (χ4v) is 5.43. The van der Waals surface area contributed by atoms with Crippen LogP contribution >= 0.6 is 23.1 Å². The molecule has 2 aromatic heterocycles. The molecule has 3 aromatic rings. The zero-order valence-electron chi connectivity index (χ0n) is 15.4. The molecule has 28 heavy (non-hydrogen) atoms. The normalized spacial score (nSPS) is 13.2. The number of carbonyl (C=O) groups is 2. The Kier molecular flexibility index (Phi) is 5.59. The van der Waals surface area contributed by atoms with Gasteiger partial charge in [-0.25, -0.2) is 14.8 Å². The van der Waals surface area contributed by atoms with Crippen LogP contribution in [0.25, 0.3) is 10.2 Å². The summed E-state index contributed by atoms with van der Waals surface area (Å²) >= 11 is 3.19. The fourth-order valence-electron chi connectivity index (χ4n) is 3.31. The van der Waals surface area contributed by atoms with Gasteiger partial charge in [-0.3, -0.25) is 4.79 Å². The van der Waals surface area contributed by atoms with Crippen LogP contribution in [0.1, 0.15) is 33.6 Å². The van der Waals surface area contributed by atoms with E-state index in [1.54, 1.807) is 41.9 Å². The molecule has 0 saturated heterocycles. The minimum Gasteiger partial charge on any atom is -0.465 e. The maximum atomic E-state index is 12.4. The Morgan fingerprint density at radius 2 is 1.96 bits per heavy atom. The second kappa shape index (κ2) is 8.28. The summed E-state index contributed by atoms with van der Waals surface area (Å²) in [6, 6.07) is 6.63. The van der Waals surface area contributed by atoms with Crippen molar-refractivity contribution in [1.82, 2.24) is 9.97 Å². The minimum absolute atomic E-state index is 0.119. The van der Waals surface area contributed by atoms with Crippen molar-refractivity contribution in [1.29, 1.82) is 0 Å². The van der Waals surface area contributed by atoms with Crippen molar-refractivity contribution in [2.75, 3.05) is 18.2 Å². The molecule has 4 rings (SSSR count). The average Bonchev–Trinajstić information content (AvgIpc) is 3.11. The first-order chi connectivity index (χ1) is 13.7. The topological polar surface area (TPSA) is 81.2 Å². The molecule has 6 nitrogen and oxygen atoms in total. The Hall–Kier alpha value is -2.45. The lowest BCUT2D eigenvalue weighted by molar-refractivity contribution is -0.113. The molecule has 0 spiro atoms. The van der Waals surface area contributed by atoms with Crippen molar-refractivity contribution in [3.05, 3.63) is 46.6 Å². The summed E-state index contributed by atoms with van der Waals surface area (Å²) in [6.07, 6.45) is 6.18. The number of nitrogens with one attached hydrogen (secondary N) is 1. The summed E-state index contributed by atoms with van der Waals surface area (Å²) in [5.41, 5.74) is 2.45. The van der Waals surface area contributed by atoms with Gasteiger partial charge in [0.15, 0.2) is 0 Å². The number of nitrogens with zero attached hydrogens (tertiary/aromatic N) is 2. The van der Waals surface area contributed by atoms with Crippen LogP contribution in [0.5, 0.6) is 0 Å². The van der Waals surface area contributed by atoms with E-state index in [1.165, 1.54) is 42.2 Å². The van der Waals surface area contributed by atoms with Crippen LogP contribution in [0.15, 0.2) is 35.6 Å². The van der Waals surface area contributed by atoms with E-state index in [1.807, 2.05) is 0 Å². The first kappa shape index (κ1) is 18.9. The third-order valence-electron chi connectivity index (χ3n) is 4.65. The van der Waals surface area contributed by atoms with Crippen molar-refractivity contribution in [2.24, 2.45) is 0 Å². The van der Waals surface area contributed by atoms with Gasteiger partial charge in [-0.2, -0.15) is 0 Å². The Bertz CT molecular complexity index is 1030. The molecule has 0 radical (unpaired) electrons. The Morgan fingerprint density at radius 1 is 1.18 bits per heavy atom. The van der Waals surface area contributed by atoms with Crippen molar-refractivity contribution >= 4 is 50.9 Å². The first-order valence-electron chi connectivity index (χ1n) is 9.02. The SMILES string of the molecule is COC(=O)c1ccc(NC(=O)CSc2ncnc3sc4c(c23)CCCC4)cc1. The van der Waals surface area contributed by atoms with Crippen molar-refractivity contribution in [3.8, 4) is 0 Å². The minimum atomic E-state index is -0.402. The third-order valence-corrected chi connectivity index (χ3v) is 6.84. The van der Waals surface area contributed by atoms with Crippen molar-refractivity contribution < 1.29 is 14.3 Å². The number of thioether (sulfide) groups is 1. The predicted molar refractivity (Wildman–Crippen MR) is 111 cm³/mol. The highest BCUT2D eigenvalue weighted by atomic mass is 32.2. The van der Waals surface area contributed by atoms with Gasteiger partial charge < -0.3 is 10.1 Å². The van der Waals surface area contributed by atoms with Crippen molar-refractivity contribution in [2.45, 2.75) is 30.7 Å². The molecule has 0 unspecified atom stereocenters. The van der Waals surface area contributed by atoms with E-state index in [0.717, 1.165) is 28.1 Å². The summed E-state index contributed by atoms with van der Waals surface area (Å²) in [5, 5.41) is 4.85. The van der Waals surface area contributed by atoms with Gasteiger partial charge in [-0.05, 0) is 55.5 Å². The number of rotatable bonds is 5. The number of fused-ring (bicyclic) bond motifs is 3. The second-order valence-electron chi connectivity index (χ2n) is 6.48. The van der Waals surface area contributed by atoms with Gasteiger partial charge in [0.2, 0.25) is 5.91 Å². The fraction of sp³-hybridized carbons (Fsp3) is 0.300. The third kappa shape index (κ3) is 3.88. The smallest absolute Gasteiger partial charge is 0.337 e. The number of esters is 1. The number of methoxy groups -OCH3 is 1. The molecule has 0 aliphatic heterocycles. The molecular formula is C20H19N3O3S2. The van der Waals surface area contributed by atoms with E-state index in [0.29, 0.717) is 11.3 Å². The molecule has 0 bridgehead atoms. The van der Waals surface area contributed by atoms with E-state index in [4.69, 9.17) is 0 Å². The lowest BCUT2D eigenvalue weighted by atomic mass is 9.97. The zero-order chi connectivity index (χ0) is 19.5. The van der Waals surface area contributed by atoms with E-state index >= 15 is 0 Å². The first-order valence-corrected chi connectivity index (χ1v) is 10.8. The van der Waals surface area contributed by atoms with E-state index in [2.05, 4.69) is 20.0 Å². The quantitative estimate of drug-likeness (QED) is 0.385.